The van der Waals surface area contributed by atoms with Gasteiger partial charge in [0.1, 0.15) is 5.75 Å². The second kappa shape index (κ2) is 7.65. The van der Waals surface area contributed by atoms with Gasteiger partial charge in [0.25, 0.3) is 0 Å². The lowest BCUT2D eigenvalue weighted by atomic mass is 10.3. The fraction of sp³-hybridized carbons (Fsp3) is 0.500. The molecule has 24 heavy (non-hydrogen) atoms. The molecule has 1 amide bonds. The summed E-state index contributed by atoms with van der Waals surface area (Å²) in [5.74, 6) is 1.33. The van der Waals surface area contributed by atoms with Crippen LogP contribution in [0.3, 0.4) is 0 Å². The Labute approximate surface area is 145 Å². The summed E-state index contributed by atoms with van der Waals surface area (Å²) in [6.07, 6.45) is 3.44. The summed E-state index contributed by atoms with van der Waals surface area (Å²) in [5, 5.41) is 21.6. The van der Waals surface area contributed by atoms with Gasteiger partial charge in [-0.3, -0.25) is 4.79 Å². The van der Waals surface area contributed by atoms with Crippen molar-refractivity contribution in [1.82, 2.24) is 25.1 Å². The van der Waals surface area contributed by atoms with E-state index in [4.69, 9.17) is 0 Å². The Morgan fingerprint density at radius 2 is 2.12 bits per heavy atom. The summed E-state index contributed by atoms with van der Waals surface area (Å²) in [4.78, 5) is 14.4. The number of phenols is 1. The highest BCUT2D eigenvalue weighted by atomic mass is 32.2. The van der Waals surface area contributed by atoms with Crippen LogP contribution in [0.5, 0.6) is 5.75 Å². The summed E-state index contributed by atoms with van der Waals surface area (Å²) in [6.45, 7) is 3.76. The molecule has 0 unspecified atom stereocenters. The molecule has 1 heterocycles. The number of phenolic OH excluding ortho intramolecular Hbond substituents is 1. The van der Waals surface area contributed by atoms with Crippen molar-refractivity contribution >= 4 is 17.7 Å². The summed E-state index contributed by atoms with van der Waals surface area (Å²) in [6, 6.07) is 6.62. The number of thioether (sulfide) groups is 1. The van der Waals surface area contributed by atoms with Gasteiger partial charge < -0.3 is 10.0 Å². The van der Waals surface area contributed by atoms with Gasteiger partial charge in [-0.15, -0.1) is 5.10 Å². The van der Waals surface area contributed by atoms with E-state index in [2.05, 4.69) is 22.4 Å². The predicted molar refractivity (Wildman–Crippen MR) is 91.1 cm³/mol. The van der Waals surface area contributed by atoms with E-state index in [9.17, 15) is 9.90 Å². The Balaban J connectivity index is 1.62. The van der Waals surface area contributed by atoms with Gasteiger partial charge in [-0.1, -0.05) is 18.7 Å². The van der Waals surface area contributed by atoms with Crippen molar-refractivity contribution in [3.05, 3.63) is 24.3 Å². The highest BCUT2D eigenvalue weighted by Gasteiger charge is 2.26. The fourth-order valence-corrected chi connectivity index (χ4v) is 3.24. The van der Waals surface area contributed by atoms with Crippen molar-refractivity contribution in [3.63, 3.8) is 0 Å². The average molecular weight is 347 g/mol. The van der Waals surface area contributed by atoms with Crippen LogP contribution in [0, 0.1) is 5.92 Å². The van der Waals surface area contributed by atoms with E-state index < -0.39 is 0 Å². The van der Waals surface area contributed by atoms with Crippen LogP contribution >= 0.6 is 11.8 Å². The highest BCUT2D eigenvalue weighted by molar-refractivity contribution is 7.99. The number of nitrogens with zero attached hydrogens (tertiary/aromatic N) is 5. The molecule has 1 aliphatic carbocycles. The Morgan fingerprint density at radius 3 is 2.79 bits per heavy atom. The van der Waals surface area contributed by atoms with Crippen molar-refractivity contribution in [2.24, 2.45) is 5.92 Å². The van der Waals surface area contributed by atoms with Crippen molar-refractivity contribution in [1.29, 1.82) is 0 Å². The topological polar surface area (TPSA) is 84.1 Å². The number of amides is 1. The Hall–Kier alpha value is -2.09. The molecule has 1 aliphatic rings. The molecular formula is C16H21N5O2S. The number of tetrazole rings is 1. The molecule has 0 bridgehead atoms. The standard InChI is InChI=1S/C16H21N5O2S/c1-2-9-20(10-12-3-4-12)15(23)11-24-16-17-18-19-21(16)13-5-7-14(22)8-6-13/h5-8,12,22H,2-4,9-11H2,1H3. The summed E-state index contributed by atoms with van der Waals surface area (Å²) >= 11 is 1.34. The van der Waals surface area contributed by atoms with E-state index in [1.54, 1.807) is 28.9 Å². The van der Waals surface area contributed by atoms with E-state index in [-0.39, 0.29) is 11.7 Å². The Bertz CT molecular complexity index is 684. The number of carbonyl (C=O) groups is 1. The largest absolute Gasteiger partial charge is 0.508 e. The maximum atomic E-state index is 12.5. The Kier molecular flexibility index (Phi) is 5.34. The van der Waals surface area contributed by atoms with Crippen LogP contribution in [0.15, 0.2) is 29.4 Å². The lowest BCUT2D eigenvalue weighted by molar-refractivity contribution is -0.128. The predicted octanol–water partition coefficient (Wildman–Crippen LogP) is 2.11. The molecule has 7 nitrogen and oxygen atoms in total. The molecule has 0 aliphatic heterocycles. The van der Waals surface area contributed by atoms with Crippen molar-refractivity contribution < 1.29 is 9.90 Å². The third kappa shape index (κ3) is 4.25. The molecule has 0 radical (unpaired) electrons. The minimum absolute atomic E-state index is 0.133. The third-order valence-electron chi connectivity index (χ3n) is 3.88. The number of hydrogen-bond donors (Lipinski definition) is 1. The van der Waals surface area contributed by atoms with Crippen LogP contribution < -0.4 is 0 Å². The first-order chi connectivity index (χ1) is 11.7. The third-order valence-corrected chi connectivity index (χ3v) is 4.79. The second-order valence-corrected chi connectivity index (χ2v) is 6.90. The smallest absolute Gasteiger partial charge is 0.233 e. The second-order valence-electron chi connectivity index (χ2n) is 5.96. The SMILES string of the molecule is CCCN(CC1CC1)C(=O)CSc1nnnn1-c1ccc(O)cc1. The molecule has 0 spiro atoms. The lowest BCUT2D eigenvalue weighted by Gasteiger charge is -2.21. The van der Waals surface area contributed by atoms with Crippen LogP contribution in [-0.2, 0) is 4.79 Å². The van der Waals surface area contributed by atoms with Crippen molar-refractivity contribution in [2.75, 3.05) is 18.8 Å². The normalized spacial score (nSPS) is 13.9. The average Bonchev–Trinajstić information content (AvgIpc) is 3.28. The minimum Gasteiger partial charge on any atom is -0.508 e. The quantitative estimate of drug-likeness (QED) is 0.736. The van der Waals surface area contributed by atoms with Gasteiger partial charge >= 0.3 is 0 Å². The van der Waals surface area contributed by atoms with Gasteiger partial charge in [0, 0.05) is 13.1 Å². The fourth-order valence-electron chi connectivity index (χ4n) is 2.44. The van der Waals surface area contributed by atoms with Crippen LogP contribution in [0.25, 0.3) is 5.69 Å². The summed E-state index contributed by atoms with van der Waals surface area (Å²) in [7, 11) is 0. The van der Waals surface area contributed by atoms with Gasteiger partial charge in [-0.2, -0.15) is 4.68 Å². The molecule has 0 saturated heterocycles. The van der Waals surface area contributed by atoms with Gasteiger partial charge in [-0.05, 0) is 59.9 Å². The maximum Gasteiger partial charge on any atom is 0.233 e. The van der Waals surface area contributed by atoms with Gasteiger partial charge in [-0.25, -0.2) is 0 Å². The molecule has 1 fully saturated rings. The zero-order chi connectivity index (χ0) is 16.9. The highest BCUT2D eigenvalue weighted by Crippen LogP contribution is 2.30. The van der Waals surface area contributed by atoms with E-state index in [0.717, 1.165) is 25.2 Å². The number of rotatable bonds is 8. The maximum absolute atomic E-state index is 12.5. The van der Waals surface area contributed by atoms with Crippen LogP contribution in [-0.4, -0.2) is 55.0 Å². The minimum atomic E-state index is 0.133. The molecule has 1 N–H and O–H groups in total. The molecule has 1 saturated carbocycles. The van der Waals surface area contributed by atoms with E-state index >= 15 is 0 Å². The number of aromatic nitrogens is 4. The molecule has 2 aromatic rings. The number of hydrogen-bond acceptors (Lipinski definition) is 6. The molecule has 1 aromatic heterocycles. The molecule has 1 aromatic carbocycles. The first-order valence-corrected chi connectivity index (χ1v) is 9.14. The van der Waals surface area contributed by atoms with Crippen LogP contribution in [0.4, 0.5) is 0 Å². The van der Waals surface area contributed by atoms with Crippen LogP contribution in [0.1, 0.15) is 26.2 Å². The first-order valence-electron chi connectivity index (χ1n) is 8.15. The van der Waals surface area contributed by atoms with E-state index in [0.29, 0.717) is 16.8 Å². The van der Waals surface area contributed by atoms with Gasteiger partial charge in [0.05, 0.1) is 11.4 Å². The first kappa shape index (κ1) is 16.8. The molecule has 3 rings (SSSR count). The van der Waals surface area contributed by atoms with Gasteiger partial charge in [0.2, 0.25) is 11.1 Å². The van der Waals surface area contributed by atoms with Crippen LogP contribution in [0.2, 0.25) is 0 Å². The molecular weight excluding hydrogens is 326 g/mol. The zero-order valence-electron chi connectivity index (χ0n) is 13.6. The van der Waals surface area contributed by atoms with Crippen molar-refractivity contribution in [2.45, 2.75) is 31.3 Å². The van der Waals surface area contributed by atoms with E-state index in [1.165, 1.54) is 24.6 Å². The summed E-state index contributed by atoms with van der Waals surface area (Å²) in [5.41, 5.74) is 0.746. The molecule has 8 heteroatoms. The monoisotopic (exact) mass is 347 g/mol. The van der Waals surface area contributed by atoms with Crippen molar-refractivity contribution in [3.8, 4) is 11.4 Å². The number of aromatic hydroxyl groups is 1. The Morgan fingerprint density at radius 1 is 1.38 bits per heavy atom. The summed E-state index contributed by atoms with van der Waals surface area (Å²) < 4.78 is 1.57. The lowest BCUT2D eigenvalue weighted by Crippen LogP contribution is -2.35. The molecule has 0 atom stereocenters. The number of benzene rings is 1. The van der Waals surface area contributed by atoms with Gasteiger partial charge in [0.15, 0.2) is 0 Å². The number of carbonyl (C=O) groups excluding carboxylic acids is 1. The molecule has 128 valence electrons. The zero-order valence-corrected chi connectivity index (χ0v) is 14.4. The van der Waals surface area contributed by atoms with E-state index in [1.807, 2.05) is 4.90 Å².